The highest BCUT2D eigenvalue weighted by Crippen LogP contribution is 2.20. The molecule has 0 spiro atoms. The molecule has 1 heterocycles. The number of hydrogen-bond acceptors (Lipinski definition) is 3. The lowest BCUT2D eigenvalue weighted by Crippen LogP contribution is -2.35. The van der Waals surface area contributed by atoms with Crippen molar-refractivity contribution in [3.05, 3.63) is 11.4 Å². The van der Waals surface area contributed by atoms with Crippen molar-refractivity contribution >= 4 is 11.6 Å². The summed E-state index contributed by atoms with van der Waals surface area (Å²) in [5, 5.41) is 7.29. The third kappa shape index (κ3) is 3.52. The zero-order valence-corrected chi connectivity index (χ0v) is 13.5. The number of nitrogens with zero attached hydrogens (tertiary/aromatic N) is 2. The van der Waals surface area contributed by atoms with E-state index in [1.165, 1.54) is 0 Å². The minimum Gasteiger partial charge on any atom is -0.395 e. The van der Waals surface area contributed by atoms with Crippen LogP contribution in [0.5, 0.6) is 0 Å². The first kappa shape index (κ1) is 16.5. The van der Waals surface area contributed by atoms with E-state index in [9.17, 15) is 4.79 Å². The van der Waals surface area contributed by atoms with Crippen molar-refractivity contribution in [2.45, 2.75) is 48.1 Å². The number of anilines is 1. The van der Waals surface area contributed by atoms with Crippen LogP contribution in [0.3, 0.4) is 0 Å². The molecule has 0 aliphatic heterocycles. The molecule has 5 nitrogen and oxygen atoms in total. The molecule has 0 unspecified atom stereocenters. The Kier molecular flexibility index (Phi) is 5.60. The summed E-state index contributed by atoms with van der Waals surface area (Å²) in [5.41, 5.74) is 7.64. The van der Waals surface area contributed by atoms with Gasteiger partial charge in [-0.05, 0) is 31.6 Å². The second-order valence-electron chi connectivity index (χ2n) is 6.03. The van der Waals surface area contributed by atoms with Gasteiger partial charge in [-0.25, -0.2) is 0 Å². The van der Waals surface area contributed by atoms with Crippen molar-refractivity contribution in [3.8, 4) is 0 Å². The zero-order valence-electron chi connectivity index (χ0n) is 13.5. The molecule has 0 bridgehead atoms. The molecule has 0 aliphatic carbocycles. The molecule has 0 fully saturated rings. The van der Waals surface area contributed by atoms with Crippen molar-refractivity contribution in [2.75, 3.05) is 12.3 Å². The molecule has 20 heavy (non-hydrogen) atoms. The number of carbonyl (C=O) groups excluding carboxylic acids is 1. The van der Waals surface area contributed by atoms with Crippen LogP contribution in [0.2, 0.25) is 0 Å². The Balaban J connectivity index is 2.82. The summed E-state index contributed by atoms with van der Waals surface area (Å²) in [4.78, 5) is 12.4. The van der Waals surface area contributed by atoms with Gasteiger partial charge in [0.15, 0.2) is 0 Å². The molecule has 0 saturated carbocycles. The summed E-state index contributed by atoms with van der Waals surface area (Å²) in [6, 6.07) is 0. The molecule has 0 aliphatic rings. The summed E-state index contributed by atoms with van der Waals surface area (Å²) in [6.07, 6.45) is 0. The molecule has 1 amide bonds. The van der Waals surface area contributed by atoms with Gasteiger partial charge in [-0.15, -0.1) is 0 Å². The molecule has 1 aromatic rings. The lowest BCUT2D eigenvalue weighted by atomic mass is 9.85. The topological polar surface area (TPSA) is 72.9 Å². The highest BCUT2D eigenvalue weighted by atomic mass is 16.2. The van der Waals surface area contributed by atoms with Crippen LogP contribution in [0.15, 0.2) is 0 Å². The van der Waals surface area contributed by atoms with E-state index in [0.29, 0.717) is 47.9 Å². The molecular weight excluding hydrogens is 252 g/mol. The maximum absolute atomic E-state index is 12.4. The molecule has 0 aromatic carbocycles. The summed E-state index contributed by atoms with van der Waals surface area (Å²) >= 11 is 0. The third-order valence-electron chi connectivity index (χ3n) is 3.90. The number of carbonyl (C=O) groups is 1. The van der Waals surface area contributed by atoms with Gasteiger partial charge in [0.2, 0.25) is 0 Å². The van der Waals surface area contributed by atoms with Crippen LogP contribution in [0.4, 0.5) is 5.69 Å². The monoisotopic (exact) mass is 280 g/mol. The fraction of sp³-hybridized carbons (Fsp3) is 0.733. The number of nitrogens with two attached hydrogens (primary N) is 1. The van der Waals surface area contributed by atoms with Crippen molar-refractivity contribution < 1.29 is 4.79 Å². The predicted molar refractivity (Wildman–Crippen MR) is 82.5 cm³/mol. The van der Waals surface area contributed by atoms with Gasteiger partial charge in [-0.2, -0.15) is 5.10 Å². The lowest BCUT2D eigenvalue weighted by Gasteiger charge is -2.25. The summed E-state index contributed by atoms with van der Waals surface area (Å²) in [7, 11) is 0. The van der Waals surface area contributed by atoms with Gasteiger partial charge in [0.05, 0.1) is 11.4 Å². The van der Waals surface area contributed by atoms with Crippen LogP contribution in [-0.2, 0) is 6.54 Å². The van der Waals surface area contributed by atoms with Crippen molar-refractivity contribution in [2.24, 2.45) is 17.8 Å². The van der Waals surface area contributed by atoms with Gasteiger partial charge in [0.25, 0.3) is 5.91 Å². The van der Waals surface area contributed by atoms with E-state index < -0.39 is 0 Å². The largest absolute Gasteiger partial charge is 0.395 e. The van der Waals surface area contributed by atoms with E-state index >= 15 is 0 Å². The van der Waals surface area contributed by atoms with Gasteiger partial charge in [-0.1, -0.05) is 27.7 Å². The Hall–Kier alpha value is -1.52. The third-order valence-corrected chi connectivity index (χ3v) is 3.90. The number of amides is 1. The SMILES string of the molecule is CCn1nc(C)c(N)c1C(=O)NCC(C(C)C)C(C)C. The average molecular weight is 280 g/mol. The zero-order chi connectivity index (χ0) is 15.4. The lowest BCUT2D eigenvalue weighted by molar-refractivity contribution is 0.0927. The van der Waals surface area contributed by atoms with Gasteiger partial charge in [0.1, 0.15) is 5.69 Å². The minimum atomic E-state index is -0.128. The molecule has 0 atom stereocenters. The predicted octanol–water partition coefficient (Wildman–Crippen LogP) is 2.45. The molecular formula is C15H28N4O. The molecule has 0 radical (unpaired) electrons. The highest BCUT2D eigenvalue weighted by Gasteiger charge is 2.22. The first-order valence-corrected chi connectivity index (χ1v) is 7.40. The molecule has 114 valence electrons. The van der Waals surface area contributed by atoms with Crippen LogP contribution in [0.25, 0.3) is 0 Å². The van der Waals surface area contributed by atoms with E-state index in [1.54, 1.807) is 4.68 Å². The van der Waals surface area contributed by atoms with Crippen molar-refractivity contribution in [3.63, 3.8) is 0 Å². The Bertz CT molecular complexity index is 455. The number of nitrogens with one attached hydrogen (secondary N) is 1. The fourth-order valence-electron chi connectivity index (χ4n) is 2.60. The maximum Gasteiger partial charge on any atom is 0.271 e. The molecule has 0 saturated heterocycles. The van der Waals surface area contributed by atoms with Gasteiger partial charge in [0, 0.05) is 13.1 Å². The molecule has 3 N–H and O–H groups in total. The van der Waals surface area contributed by atoms with E-state index in [1.807, 2.05) is 13.8 Å². The Morgan fingerprint density at radius 3 is 2.30 bits per heavy atom. The molecule has 5 heteroatoms. The van der Waals surface area contributed by atoms with Crippen LogP contribution < -0.4 is 11.1 Å². The second-order valence-corrected chi connectivity index (χ2v) is 6.03. The van der Waals surface area contributed by atoms with Gasteiger partial charge >= 0.3 is 0 Å². The van der Waals surface area contributed by atoms with Gasteiger partial charge < -0.3 is 11.1 Å². The summed E-state index contributed by atoms with van der Waals surface area (Å²) in [6.45, 7) is 13.8. The Morgan fingerprint density at radius 2 is 1.85 bits per heavy atom. The normalized spacial score (nSPS) is 11.7. The molecule has 1 aromatic heterocycles. The number of nitrogen functional groups attached to an aromatic ring is 1. The number of aromatic nitrogens is 2. The summed E-state index contributed by atoms with van der Waals surface area (Å²) < 4.78 is 1.67. The smallest absolute Gasteiger partial charge is 0.271 e. The van der Waals surface area contributed by atoms with E-state index in [2.05, 4.69) is 38.1 Å². The van der Waals surface area contributed by atoms with E-state index in [4.69, 9.17) is 5.73 Å². The van der Waals surface area contributed by atoms with E-state index in [-0.39, 0.29) is 5.91 Å². The van der Waals surface area contributed by atoms with Crippen molar-refractivity contribution in [1.82, 2.24) is 15.1 Å². The first-order valence-electron chi connectivity index (χ1n) is 7.40. The Labute approximate surface area is 121 Å². The quantitative estimate of drug-likeness (QED) is 0.840. The molecule has 1 rings (SSSR count). The average Bonchev–Trinajstić information content (AvgIpc) is 2.64. The van der Waals surface area contributed by atoms with E-state index in [0.717, 1.165) is 0 Å². The van der Waals surface area contributed by atoms with Gasteiger partial charge in [-0.3, -0.25) is 9.48 Å². The minimum absolute atomic E-state index is 0.128. The van der Waals surface area contributed by atoms with Crippen LogP contribution in [-0.4, -0.2) is 22.2 Å². The number of rotatable bonds is 6. The summed E-state index contributed by atoms with van der Waals surface area (Å²) in [5.74, 6) is 1.39. The Morgan fingerprint density at radius 1 is 1.30 bits per heavy atom. The number of aryl methyl sites for hydroxylation is 2. The van der Waals surface area contributed by atoms with Crippen LogP contribution in [0, 0.1) is 24.7 Å². The fourth-order valence-corrected chi connectivity index (χ4v) is 2.60. The second kappa shape index (κ2) is 6.77. The van der Waals surface area contributed by atoms with Crippen LogP contribution >= 0.6 is 0 Å². The standard InChI is InChI=1S/C15H28N4O/c1-7-19-14(13(16)11(6)18-19)15(20)17-8-12(9(2)3)10(4)5/h9-10,12H,7-8,16H2,1-6H3,(H,17,20). The number of hydrogen-bond donors (Lipinski definition) is 2. The maximum atomic E-state index is 12.4. The first-order chi connectivity index (χ1) is 9.29. The van der Waals surface area contributed by atoms with Crippen LogP contribution in [0.1, 0.15) is 50.8 Å². The highest BCUT2D eigenvalue weighted by molar-refractivity contribution is 5.97. The van der Waals surface area contributed by atoms with Crippen molar-refractivity contribution in [1.29, 1.82) is 0 Å².